The van der Waals surface area contributed by atoms with E-state index in [1.165, 1.54) is 0 Å². The first-order chi connectivity index (χ1) is 16.0. The standard InChI is InChI=1S/C27H25N3O3/c1-3-28(4-2)21-17-15-20(16-18-21)19-24-25(31)29(22-11-7-5-8-12-22)27(33)30(26(24)32)23-13-9-6-10-14-23/h5-19H,3-4H2,1-2H3. The van der Waals surface area contributed by atoms with Crippen LogP contribution >= 0.6 is 0 Å². The maximum atomic E-state index is 13.4. The van der Waals surface area contributed by atoms with Crippen molar-refractivity contribution >= 4 is 41.0 Å². The first-order valence-electron chi connectivity index (χ1n) is 10.9. The van der Waals surface area contributed by atoms with E-state index in [2.05, 4.69) is 18.7 Å². The third-order valence-corrected chi connectivity index (χ3v) is 5.61. The van der Waals surface area contributed by atoms with Crippen LogP contribution in [0, 0.1) is 0 Å². The van der Waals surface area contributed by atoms with E-state index in [0.717, 1.165) is 28.6 Å². The Hall–Kier alpha value is -4.19. The number of urea groups is 1. The van der Waals surface area contributed by atoms with Gasteiger partial charge in [0.15, 0.2) is 0 Å². The van der Waals surface area contributed by atoms with Crippen LogP contribution in [-0.4, -0.2) is 30.9 Å². The molecule has 0 saturated carbocycles. The van der Waals surface area contributed by atoms with Crippen LogP contribution in [-0.2, 0) is 9.59 Å². The summed E-state index contributed by atoms with van der Waals surface area (Å²) < 4.78 is 0. The molecule has 166 valence electrons. The largest absolute Gasteiger partial charge is 0.372 e. The van der Waals surface area contributed by atoms with E-state index in [4.69, 9.17) is 0 Å². The lowest BCUT2D eigenvalue weighted by molar-refractivity contribution is -0.121. The molecule has 0 spiro atoms. The Morgan fingerprint density at radius 2 is 1.12 bits per heavy atom. The van der Waals surface area contributed by atoms with Gasteiger partial charge < -0.3 is 4.90 Å². The Morgan fingerprint density at radius 1 is 0.667 bits per heavy atom. The van der Waals surface area contributed by atoms with E-state index in [-0.39, 0.29) is 5.57 Å². The molecule has 0 bridgehead atoms. The van der Waals surface area contributed by atoms with Crippen molar-refractivity contribution in [3.05, 3.63) is 96.1 Å². The molecule has 1 aliphatic heterocycles. The number of amides is 4. The molecule has 3 aromatic carbocycles. The molecular weight excluding hydrogens is 414 g/mol. The van der Waals surface area contributed by atoms with Gasteiger partial charge in [0, 0.05) is 18.8 Å². The number of imide groups is 2. The highest BCUT2D eigenvalue weighted by Gasteiger charge is 2.43. The average Bonchev–Trinajstić information content (AvgIpc) is 2.85. The van der Waals surface area contributed by atoms with Crippen LogP contribution in [0.1, 0.15) is 19.4 Å². The van der Waals surface area contributed by atoms with E-state index in [1.54, 1.807) is 66.7 Å². The highest BCUT2D eigenvalue weighted by atomic mass is 16.2. The number of rotatable bonds is 6. The lowest BCUT2D eigenvalue weighted by Gasteiger charge is -2.33. The van der Waals surface area contributed by atoms with Crippen molar-refractivity contribution in [2.45, 2.75) is 13.8 Å². The molecule has 0 radical (unpaired) electrons. The SMILES string of the molecule is CCN(CC)c1ccc(C=C2C(=O)N(c3ccccc3)C(=O)N(c3ccccc3)C2=O)cc1. The van der Waals surface area contributed by atoms with Crippen molar-refractivity contribution < 1.29 is 14.4 Å². The Morgan fingerprint density at radius 3 is 1.55 bits per heavy atom. The van der Waals surface area contributed by atoms with Crippen molar-refractivity contribution in [1.29, 1.82) is 0 Å². The summed E-state index contributed by atoms with van der Waals surface area (Å²) in [6, 6.07) is 24.2. The highest BCUT2D eigenvalue weighted by Crippen LogP contribution is 2.29. The first kappa shape index (κ1) is 22.0. The van der Waals surface area contributed by atoms with Gasteiger partial charge in [0.05, 0.1) is 11.4 Å². The molecule has 1 aliphatic rings. The molecule has 1 fully saturated rings. The van der Waals surface area contributed by atoms with Crippen LogP contribution in [0.3, 0.4) is 0 Å². The molecule has 3 aromatic rings. The Bertz CT molecular complexity index is 1120. The van der Waals surface area contributed by atoms with Crippen LogP contribution in [0.15, 0.2) is 90.5 Å². The number of barbiturate groups is 1. The second kappa shape index (κ2) is 9.53. The van der Waals surface area contributed by atoms with Crippen LogP contribution in [0.25, 0.3) is 6.08 Å². The van der Waals surface area contributed by atoms with Gasteiger partial charge in [-0.05, 0) is 61.9 Å². The lowest BCUT2D eigenvalue weighted by atomic mass is 10.0. The third kappa shape index (κ3) is 4.28. The molecule has 0 atom stereocenters. The Kier molecular flexibility index (Phi) is 6.36. The van der Waals surface area contributed by atoms with Crippen molar-refractivity contribution in [1.82, 2.24) is 0 Å². The fourth-order valence-electron chi connectivity index (χ4n) is 3.88. The summed E-state index contributed by atoms with van der Waals surface area (Å²) in [6.07, 6.45) is 1.55. The van der Waals surface area contributed by atoms with Crippen LogP contribution in [0.4, 0.5) is 21.9 Å². The number of hydrogen-bond acceptors (Lipinski definition) is 4. The number of nitrogens with zero attached hydrogens (tertiary/aromatic N) is 3. The summed E-state index contributed by atoms with van der Waals surface area (Å²) in [6.45, 7) is 5.94. The van der Waals surface area contributed by atoms with Gasteiger partial charge in [-0.15, -0.1) is 0 Å². The fourth-order valence-corrected chi connectivity index (χ4v) is 3.88. The van der Waals surface area contributed by atoms with Gasteiger partial charge in [-0.25, -0.2) is 14.6 Å². The smallest absolute Gasteiger partial charge is 0.343 e. The zero-order valence-electron chi connectivity index (χ0n) is 18.6. The summed E-state index contributed by atoms with van der Waals surface area (Å²) in [5, 5.41) is 0. The van der Waals surface area contributed by atoms with Gasteiger partial charge in [0.2, 0.25) is 0 Å². The van der Waals surface area contributed by atoms with E-state index in [1.807, 2.05) is 24.3 Å². The average molecular weight is 440 g/mol. The molecule has 6 heteroatoms. The summed E-state index contributed by atoms with van der Waals surface area (Å²) in [5.74, 6) is -1.28. The van der Waals surface area contributed by atoms with Crippen LogP contribution in [0.2, 0.25) is 0 Å². The predicted octanol–water partition coefficient (Wildman–Crippen LogP) is 5.12. The minimum Gasteiger partial charge on any atom is -0.372 e. The number of anilines is 3. The second-order valence-corrected chi connectivity index (χ2v) is 7.56. The van der Waals surface area contributed by atoms with Crippen molar-refractivity contribution in [3.63, 3.8) is 0 Å². The number of benzene rings is 3. The minimum absolute atomic E-state index is 0.0714. The lowest BCUT2D eigenvalue weighted by Crippen LogP contribution is -2.57. The van der Waals surface area contributed by atoms with Gasteiger partial charge in [-0.1, -0.05) is 48.5 Å². The van der Waals surface area contributed by atoms with Gasteiger partial charge in [0.25, 0.3) is 11.8 Å². The molecule has 6 nitrogen and oxygen atoms in total. The Labute approximate surface area is 193 Å². The molecule has 33 heavy (non-hydrogen) atoms. The maximum Gasteiger partial charge on any atom is 0.343 e. The third-order valence-electron chi connectivity index (χ3n) is 5.61. The number of para-hydroxylation sites is 2. The molecule has 0 N–H and O–H groups in total. The van der Waals surface area contributed by atoms with Gasteiger partial charge >= 0.3 is 6.03 Å². The number of hydrogen-bond donors (Lipinski definition) is 0. The summed E-state index contributed by atoms with van der Waals surface area (Å²) in [4.78, 5) is 44.4. The number of carbonyl (C=O) groups is 3. The van der Waals surface area contributed by atoms with Crippen molar-refractivity contribution in [2.75, 3.05) is 27.8 Å². The van der Waals surface area contributed by atoms with Gasteiger partial charge in [0.1, 0.15) is 5.57 Å². The normalized spacial score (nSPS) is 14.0. The molecule has 0 aliphatic carbocycles. The van der Waals surface area contributed by atoms with Gasteiger partial charge in [-0.3, -0.25) is 9.59 Å². The Balaban J connectivity index is 1.78. The number of carbonyl (C=O) groups excluding carboxylic acids is 3. The minimum atomic E-state index is -0.698. The summed E-state index contributed by atoms with van der Waals surface area (Å²) >= 11 is 0. The molecule has 1 saturated heterocycles. The van der Waals surface area contributed by atoms with Gasteiger partial charge in [-0.2, -0.15) is 0 Å². The second-order valence-electron chi connectivity index (χ2n) is 7.56. The van der Waals surface area contributed by atoms with Crippen LogP contribution < -0.4 is 14.7 Å². The van der Waals surface area contributed by atoms with Crippen LogP contribution in [0.5, 0.6) is 0 Å². The molecule has 0 aromatic heterocycles. The molecule has 4 rings (SSSR count). The highest BCUT2D eigenvalue weighted by molar-refractivity contribution is 6.46. The molecular formula is C27H25N3O3. The quantitative estimate of drug-likeness (QED) is 0.395. The monoisotopic (exact) mass is 439 g/mol. The maximum absolute atomic E-state index is 13.4. The van der Waals surface area contributed by atoms with E-state index < -0.39 is 17.8 Å². The predicted molar refractivity (Wildman–Crippen MR) is 131 cm³/mol. The topological polar surface area (TPSA) is 60.9 Å². The van der Waals surface area contributed by atoms with Crippen molar-refractivity contribution in [2.24, 2.45) is 0 Å². The zero-order chi connectivity index (χ0) is 23.4. The molecule has 1 heterocycles. The molecule has 4 amide bonds. The van der Waals surface area contributed by atoms with E-state index in [9.17, 15) is 14.4 Å². The van der Waals surface area contributed by atoms with Crippen molar-refractivity contribution in [3.8, 4) is 0 Å². The van der Waals surface area contributed by atoms with E-state index in [0.29, 0.717) is 16.9 Å². The summed E-state index contributed by atoms with van der Waals surface area (Å²) in [5.41, 5.74) is 2.51. The fraction of sp³-hybridized carbons (Fsp3) is 0.148. The first-order valence-corrected chi connectivity index (χ1v) is 10.9. The van der Waals surface area contributed by atoms with E-state index >= 15 is 0 Å². The summed E-state index contributed by atoms with van der Waals surface area (Å²) in [7, 11) is 0. The zero-order valence-corrected chi connectivity index (χ0v) is 18.6. The molecule has 0 unspecified atom stereocenters.